The zero-order chi connectivity index (χ0) is 27.5. The van der Waals surface area contributed by atoms with Gasteiger partial charge in [0.15, 0.2) is 0 Å². The Morgan fingerprint density at radius 3 is 2.65 bits per heavy atom. The number of carbonyl (C=O) groups is 1. The fourth-order valence-electron chi connectivity index (χ4n) is 4.45. The second-order valence-electron chi connectivity index (χ2n) is 9.01. The number of anilines is 1. The van der Waals surface area contributed by atoms with Gasteiger partial charge in [-0.3, -0.25) is 25.2 Å². The van der Waals surface area contributed by atoms with Crippen LogP contribution in [0, 0.1) is 0 Å². The van der Waals surface area contributed by atoms with E-state index in [-0.39, 0.29) is 5.91 Å². The SMILES string of the molecule is C=C1NN=C(c2cc3c(-c4cccnc4)nccc3[nH]2)C1=N/C(=C\C)c1cncc(NC(=O)c2ccccc2)c1. The zero-order valence-electron chi connectivity index (χ0n) is 21.6. The van der Waals surface area contributed by atoms with Crippen LogP contribution >= 0.6 is 0 Å². The van der Waals surface area contributed by atoms with E-state index in [1.54, 1.807) is 43.1 Å². The van der Waals surface area contributed by atoms with Gasteiger partial charge < -0.3 is 10.3 Å². The van der Waals surface area contributed by atoms with E-state index in [1.807, 2.05) is 61.5 Å². The summed E-state index contributed by atoms with van der Waals surface area (Å²) >= 11 is 0. The number of amides is 1. The number of allylic oxidation sites excluding steroid dienone is 2. The number of benzene rings is 1. The van der Waals surface area contributed by atoms with Crippen molar-refractivity contribution in [3.63, 3.8) is 0 Å². The Labute approximate surface area is 230 Å². The fourth-order valence-corrected chi connectivity index (χ4v) is 4.45. The van der Waals surface area contributed by atoms with Crippen molar-refractivity contribution in [2.45, 2.75) is 6.92 Å². The number of hydrazone groups is 1. The Kier molecular flexibility index (Phi) is 6.51. The number of aromatic nitrogens is 4. The van der Waals surface area contributed by atoms with Gasteiger partial charge in [0.1, 0.15) is 11.4 Å². The Balaban J connectivity index is 1.32. The van der Waals surface area contributed by atoms with Crippen LogP contribution in [0.2, 0.25) is 0 Å². The van der Waals surface area contributed by atoms with Gasteiger partial charge in [0.25, 0.3) is 5.91 Å². The molecule has 9 nitrogen and oxygen atoms in total. The van der Waals surface area contributed by atoms with E-state index >= 15 is 0 Å². The van der Waals surface area contributed by atoms with Crippen molar-refractivity contribution in [1.82, 2.24) is 25.4 Å². The van der Waals surface area contributed by atoms with Gasteiger partial charge in [-0.15, -0.1) is 0 Å². The highest BCUT2D eigenvalue weighted by molar-refractivity contribution is 6.55. The molecule has 1 aliphatic heterocycles. The molecule has 0 aliphatic carbocycles. The molecule has 5 aromatic rings. The van der Waals surface area contributed by atoms with Crippen LogP contribution in [-0.2, 0) is 0 Å². The van der Waals surface area contributed by atoms with Gasteiger partial charge >= 0.3 is 0 Å². The molecular formula is C31H24N8O. The summed E-state index contributed by atoms with van der Waals surface area (Å²) in [6.45, 7) is 6.01. The normalized spacial score (nSPS) is 14.3. The van der Waals surface area contributed by atoms with Crippen LogP contribution in [0.25, 0.3) is 27.9 Å². The third kappa shape index (κ3) is 4.79. The summed E-state index contributed by atoms with van der Waals surface area (Å²) in [5.74, 6) is -0.213. The van der Waals surface area contributed by atoms with Gasteiger partial charge in [0.05, 0.1) is 34.7 Å². The van der Waals surface area contributed by atoms with E-state index in [0.29, 0.717) is 34.1 Å². The number of fused-ring (bicyclic) bond motifs is 1. The highest BCUT2D eigenvalue weighted by Gasteiger charge is 2.24. The first-order chi connectivity index (χ1) is 19.6. The summed E-state index contributed by atoms with van der Waals surface area (Å²) in [4.78, 5) is 34.2. The molecule has 0 saturated carbocycles. The number of pyridine rings is 3. The third-order valence-electron chi connectivity index (χ3n) is 6.38. The summed E-state index contributed by atoms with van der Waals surface area (Å²) in [7, 11) is 0. The van der Waals surface area contributed by atoms with Crippen LogP contribution in [0.4, 0.5) is 5.69 Å². The van der Waals surface area contributed by atoms with Gasteiger partial charge in [-0.2, -0.15) is 5.10 Å². The van der Waals surface area contributed by atoms with Gasteiger partial charge in [0.2, 0.25) is 0 Å². The molecule has 40 heavy (non-hydrogen) atoms. The zero-order valence-corrected chi connectivity index (χ0v) is 21.6. The molecule has 4 aromatic heterocycles. The minimum Gasteiger partial charge on any atom is -0.353 e. The third-order valence-corrected chi connectivity index (χ3v) is 6.38. The molecule has 0 radical (unpaired) electrons. The van der Waals surface area contributed by atoms with E-state index < -0.39 is 0 Å². The standard InChI is InChI=1S/C31H24N8O/c1-3-25(22-14-23(18-33-17-22)35-31(40)20-8-5-4-6-9-20)37-28-19(2)38-39-30(28)27-15-24-26(36-27)11-13-34-29(24)21-10-7-12-32-16-21/h3-18,36,38H,2H2,1H3,(H,35,40)/b25-3-,37-28?. The van der Waals surface area contributed by atoms with Crippen molar-refractivity contribution in [1.29, 1.82) is 0 Å². The molecule has 6 rings (SSSR count). The van der Waals surface area contributed by atoms with Crippen LogP contribution in [0.1, 0.15) is 28.5 Å². The van der Waals surface area contributed by atoms with Crippen molar-refractivity contribution in [2.75, 3.05) is 5.32 Å². The lowest BCUT2D eigenvalue weighted by Gasteiger charge is -2.09. The minimum absolute atomic E-state index is 0.213. The van der Waals surface area contributed by atoms with E-state index in [4.69, 9.17) is 4.99 Å². The number of nitrogens with zero attached hydrogens (tertiary/aromatic N) is 5. The summed E-state index contributed by atoms with van der Waals surface area (Å²) in [6, 6.07) is 18.7. The molecule has 1 amide bonds. The van der Waals surface area contributed by atoms with Crippen LogP contribution < -0.4 is 10.7 Å². The monoisotopic (exact) mass is 524 g/mol. The molecule has 3 N–H and O–H groups in total. The summed E-state index contributed by atoms with van der Waals surface area (Å²) in [6.07, 6.45) is 10.5. The van der Waals surface area contributed by atoms with Crippen LogP contribution in [0.3, 0.4) is 0 Å². The first kappa shape index (κ1) is 24.6. The number of nitrogens with one attached hydrogen (secondary N) is 3. The van der Waals surface area contributed by atoms with Crippen molar-refractivity contribution >= 4 is 39.6 Å². The molecule has 0 unspecified atom stereocenters. The molecule has 0 fully saturated rings. The van der Waals surface area contributed by atoms with Crippen LogP contribution in [-0.4, -0.2) is 37.3 Å². The van der Waals surface area contributed by atoms with E-state index in [2.05, 4.69) is 42.4 Å². The molecule has 0 bridgehead atoms. The highest BCUT2D eigenvalue weighted by atomic mass is 16.1. The van der Waals surface area contributed by atoms with E-state index in [1.165, 1.54) is 0 Å². The van der Waals surface area contributed by atoms with Gasteiger partial charge in [-0.25, -0.2) is 4.99 Å². The molecule has 5 heterocycles. The lowest BCUT2D eigenvalue weighted by atomic mass is 10.1. The summed E-state index contributed by atoms with van der Waals surface area (Å²) in [5, 5.41) is 8.36. The molecule has 0 atom stereocenters. The predicted octanol–water partition coefficient (Wildman–Crippen LogP) is 5.60. The van der Waals surface area contributed by atoms with Gasteiger partial charge in [-0.1, -0.05) is 30.9 Å². The number of hydrogen-bond acceptors (Lipinski definition) is 7. The summed E-state index contributed by atoms with van der Waals surface area (Å²) in [5.41, 5.74) is 10.7. The van der Waals surface area contributed by atoms with Gasteiger partial charge in [0, 0.05) is 52.4 Å². The minimum atomic E-state index is -0.213. The molecular weight excluding hydrogens is 500 g/mol. The van der Waals surface area contributed by atoms with E-state index in [0.717, 1.165) is 33.4 Å². The molecule has 194 valence electrons. The first-order valence-corrected chi connectivity index (χ1v) is 12.6. The maximum Gasteiger partial charge on any atom is 0.255 e. The Morgan fingerprint density at radius 1 is 0.975 bits per heavy atom. The van der Waals surface area contributed by atoms with Crippen molar-refractivity contribution in [3.05, 3.63) is 127 Å². The van der Waals surface area contributed by atoms with Crippen molar-refractivity contribution in [3.8, 4) is 11.3 Å². The number of aliphatic imine (C=N–C) groups is 1. The topological polar surface area (TPSA) is 120 Å². The van der Waals surface area contributed by atoms with Gasteiger partial charge in [-0.05, 0) is 49.4 Å². The van der Waals surface area contributed by atoms with Crippen molar-refractivity contribution < 1.29 is 4.79 Å². The van der Waals surface area contributed by atoms with E-state index in [9.17, 15) is 4.79 Å². The van der Waals surface area contributed by atoms with Crippen LogP contribution in [0.15, 0.2) is 120 Å². The molecule has 1 aliphatic rings. The lowest BCUT2D eigenvalue weighted by Crippen LogP contribution is -2.14. The maximum absolute atomic E-state index is 12.6. The molecule has 9 heteroatoms. The van der Waals surface area contributed by atoms with Crippen molar-refractivity contribution in [2.24, 2.45) is 10.1 Å². The molecule has 1 aromatic carbocycles. The summed E-state index contributed by atoms with van der Waals surface area (Å²) < 4.78 is 0. The predicted molar refractivity (Wildman–Crippen MR) is 158 cm³/mol. The average Bonchev–Trinajstić information content (AvgIpc) is 3.59. The second kappa shape index (κ2) is 10.6. The number of H-pyrrole nitrogens is 1. The number of rotatable bonds is 6. The number of hydrogen-bond donors (Lipinski definition) is 3. The molecule has 0 spiro atoms. The first-order valence-electron chi connectivity index (χ1n) is 12.6. The smallest absolute Gasteiger partial charge is 0.255 e. The quantitative estimate of drug-likeness (QED) is 0.267. The molecule has 0 saturated heterocycles. The number of aromatic amines is 1. The lowest BCUT2D eigenvalue weighted by molar-refractivity contribution is 0.102. The Hall–Kier alpha value is -5.70. The largest absolute Gasteiger partial charge is 0.353 e. The maximum atomic E-state index is 12.6. The second-order valence-corrected chi connectivity index (χ2v) is 9.01. The fraction of sp³-hybridized carbons (Fsp3) is 0.0323. The Morgan fingerprint density at radius 2 is 1.85 bits per heavy atom. The average molecular weight is 525 g/mol. The van der Waals surface area contributed by atoms with Crippen LogP contribution in [0.5, 0.6) is 0 Å². The number of carbonyl (C=O) groups excluding carboxylic acids is 1. The highest BCUT2D eigenvalue weighted by Crippen LogP contribution is 2.28. The Bertz CT molecular complexity index is 1840.